The molecule has 1 saturated heterocycles. The molecule has 2 heterocycles. The van der Waals surface area contributed by atoms with E-state index in [1.54, 1.807) is 0 Å². The van der Waals surface area contributed by atoms with Crippen LogP contribution in [-0.4, -0.2) is 41.2 Å². The third kappa shape index (κ3) is 4.58. The fourth-order valence-electron chi connectivity index (χ4n) is 2.64. The standard InChI is InChI=1S/C14H26N4O/c1-3-7-15-9-12-6-5-8-18(10-12)11-13-16-14(4-2)19-17-13/h12,15H,3-11H2,1-2H3. The first-order valence-electron chi connectivity index (χ1n) is 7.56. The summed E-state index contributed by atoms with van der Waals surface area (Å²) in [5, 5.41) is 7.56. The second-order valence-electron chi connectivity index (χ2n) is 5.41. The van der Waals surface area contributed by atoms with Gasteiger partial charge in [-0.15, -0.1) is 0 Å². The van der Waals surface area contributed by atoms with E-state index >= 15 is 0 Å². The van der Waals surface area contributed by atoms with E-state index in [-0.39, 0.29) is 0 Å². The van der Waals surface area contributed by atoms with Crippen molar-refractivity contribution < 1.29 is 4.52 Å². The highest BCUT2D eigenvalue weighted by Gasteiger charge is 2.21. The molecule has 1 unspecified atom stereocenters. The van der Waals surface area contributed by atoms with Crippen LogP contribution < -0.4 is 5.32 Å². The third-order valence-electron chi connectivity index (χ3n) is 3.64. The lowest BCUT2D eigenvalue weighted by molar-refractivity contribution is 0.160. The Kier molecular flexibility index (Phi) is 5.79. The van der Waals surface area contributed by atoms with Crippen LogP contribution in [0.3, 0.4) is 0 Å². The van der Waals surface area contributed by atoms with Gasteiger partial charge in [0.25, 0.3) is 0 Å². The Balaban J connectivity index is 1.77. The smallest absolute Gasteiger partial charge is 0.226 e. The second kappa shape index (κ2) is 7.60. The van der Waals surface area contributed by atoms with E-state index in [9.17, 15) is 0 Å². The zero-order chi connectivity index (χ0) is 13.5. The number of piperidine rings is 1. The number of nitrogens with zero attached hydrogens (tertiary/aromatic N) is 3. The molecule has 0 amide bonds. The molecule has 1 fully saturated rings. The SMILES string of the molecule is CCCNCC1CCCN(Cc2noc(CC)n2)C1. The van der Waals surface area contributed by atoms with Crippen LogP contribution in [0.5, 0.6) is 0 Å². The van der Waals surface area contributed by atoms with Gasteiger partial charge in [0, 0.05) is 13.0 Å². The molecule has 5 nitrogen and oxygen atoms in total. The predicted molar refractivity (Wildman–Crippen MR) is 74.8 cm³/mol. The Morgan fingerprint density at radius 2 is 2.32 bits per heavy atom. The molecule has 0 bridgehead atoms. The Morgan fingerprint density at radius 1 is 1.42 bits per heavy atom. The van der Waals surface area contributed by atoms with Crippen molar-refractivity contribution in [2.75, 3.05) is 26.2 Å². The maximum atomic E-state index is 5.16. The number of likely N-dealkylation sites (tertiary alicyclic amines) is 1. The summed E-state index contributed by atoms with van der Waals surface area (Å²) in [6.45, 7) is 9.63. The van der Waals surface area contributed by atoms with Crippen molar-refractivity contribution >= 4 is 0 Å². The van der Waals surface area contributed by atoms with E-state index in [1.165, 1.54) is 19.3 Å². The highest BCUT2D eigenvalue weighted by atomic mass is 16.5. The first kappa shape index (κ1) is 14.5. The minimum absolute atomic E-state index is 0.744. The molecule has 1 aromatic heterocycles. The Morgan fingerprint density at radius 3 is 3.05 bits per heavy atom. The van der Waals surface area contributed by atoms with Gasteiger partial charge in [-0.2, -0.15) is 4.98 Å². The van der Waals surface area contributed by atoms with Crippen molar-refractivity contribution in [3.05, 3.63) is 11.7 Å². The highest BCUT2D eigenvalue weighted by molar-refractivity contribution is 4.87. The van der Waals surface area contributed by atoms with E-state index in [2.05, 4.69) is 27.3 Å². The number of rotatable bonds is 7. The van der Waals surface area contributed by atoms with Crippen LogP contribution in [0.15, 0.2) is 4.52 Å². The van der Waals surface area contributed by atoms with Crippen molar-refractivity contribution in [3.63, 3.8) is 0 Å². The van der Waals surface area contributed by atoms with Crippen LogP contribution in [0.25, 0.3) is 0 Å². The van der Waals surface area contributed by atoms with E-state index in [0.717, 1.165) is 56.8 Å². The summed E-state index contributed by atoms with van der Waals surface area (Å²) < 4.78 is 5.16. The zero-order valence-corrected chi connectivity index (χ0v) is 12.2. The fraction of sp³-hybridized carbons (Fsp3) is 0.857. The molecule has 108 valence electrons. The molecule has 0 spiro atoms. The topological polar surface area (TPSA) is 54.2 Å². The van der Waals surface area contributed by atoms with Crippen LogP contribution in [-0.2, 0) is 13.0 Å². The molecule has 1 aromatic rings. The average molecular weight is 266 g/mol. The summed E-state index contributed by atoms with van der Waals surface area (Å²) in [6.07, 6.45) is 4.63. The van der Waals surface area contributed by atoms with Crippen molar-refractivity contribution in [2.45, 2.75) is 46.1 Å². The number of hydrogen-bond donors (Lipinski definition) is 1. The molecule has 5 heteroatoms. The minimum atomic E-state index is 0.744. The van der Waals surface area contributed by atoms with Crippen LogP contribution in [0.4, 0.5) is 0 Å². The van der Waals surface area contributed by atoms with Crippen molar-refractivity contribution in [1.82, 2.24) is 20.4 Å². The van der Waals surface area contributed by atoms with E-state index in [4.69, 9.17) is 4.52 Å². The van der Waals surface area contributed by atoms with Gasteiger partial charge < -0.3 is 9.84 Å². The minimum Gasteiger partial charge on any atom is -0.339 e. The summed E-state index contributed by atoms with van der Waals surface area (Å²) in [5.41, 5.74) is 0. The van der Waals surface area contributed by atoms with E-state index in [1.807, 2.05) is 6.92 Å². The second-order valence-corrected chi connectivity index (χ2v) is 5.41. The van der Waals surface area contributed by atoms with Crippen molar-refractivity contribution in [1.29, 1.82) is 0 Å². The molecule has 1 N–H and O–H groups in total. The predicted octanol–water partition coefficient (Wildman–Crippen LogP) is 1.84. The summed E-state index contributed by atoms with van der Waals surface area (Å²) >= 11 is 0. The van der Waals surface area contributed by atoms with Gasteiger partial charge in [-0.05, 0) is 44.8 Å². The van der Waals surface area contributed by atoms with Gasteiger partial charge in [0.1, 0.15) is 0 Å². The first-order valence-corrected chi connectivity index (χ1v) is 7.56. The van der Waals surface area contributed by atoms with Crippen molar-refractivity contribution in [2.24, 2.45) is 5.92 Å². The van der Waals surface area contributed by atoms with Gasteiger partial charge in [0.2, 0.25) is 5.89 Å². The Bertz CT molecular complexity index is 366. The van der Waals surface area contributed by atoms with E-state index in [0.29, 0.717) is 0 Å². The maximum Gasteiger partial charge on any atom is 0.226 e. The van der Waals surface area contributed by atoms with Gasteiger partial charge >= 0.3 is 0 Å². The average Bonchev–Trinajstić information content (AvgIpc) is 2.87. The largest absolute Gasteiger partial charge is 0.339 e. The summed E-state index contributed by atoms with van der Waals surface area (Å²) in [7, 11) is 0. The molecule has 2 rings (SSSR count). The molecular weight excluding hydrogens is 240 g/mol. The van der Waals surface area contributed by atoms with Crippen LogP contribution >= 0.6 is 0 Å². The molecule has 1 atom stereocenters. The summed E-state index contributed by atoms with van der Waals surface area (Å²) in [4.78, 5) is 6.84. The number of hydrogen-bond acceptors (Lipinski definition) is 5. The number of aryl methyl sites for hydroxylation is 1. The van der Waals surface area contributed by atoms with Crippen LogP contribution in [0, 0.1) is 5.92 Å². The van der Waals surface area contributed by atoms with Gasteiger partial charge in [-0.1, -0.05) is 19.0 Å². The quantitative estimate of drug-likeness (QED) is 0.763. The van der Waals surface area contributed by atoms with Gasteiger partial charge in [-0.25, -0.2) is 0 Å². The molecule has 1 aliphatic rings. The maximum absolute atomic E-state index is 5.16. The molecule has 0 radical (unpaired) electrons. The molecule has 0 saturated carbocycles. The zero-order valence-electron chi connectivity index (χ0n) is 12.2. The third-order valence-corrected chi connectivity index (χ3v) is 3.64. The highest BCUT2D eigenvalue weighted by Crippen LogP contribution is 2.17. The lowest BCUT2D eigenvalue weighted by atomic mass is 9.98. The monoisotopic (exact) mass is 266 g/mol. The molecule has 19 heavy (non-hydrogen) atoms. The number of nitrogens with one attached hydrogen (secondary N) is 1. The Labute approximate surface area is 115 Å². The normalized spacial score (nSPS) is 20.8. The lowest BCUT2D eigenvalue weighted by Crippen LogP contribution is -2.39. The fourth-order valence-corrected chi connectivity index (χ4v) is 2.64. The van der Waals surface area contributed by atoms with Crippen LogP contribution in [0.1, 0.15) is 44.8 Å². The van der Waals surface area contributed by atoms with Gasteiger partial charge in [0.15, 0.2) is 5.82 Å². The summed E-state index contributed by atoms with van der Waals surface area (Å²) in [5.74, 6) is 2.34. The Hall–Kier alpha value is -0.940. The van der Waals surface area contributed by atoms with Gasteiger partial charge in [-0.3, -0.25) is 4.90 Å². The molecular formula is C14H26N4O. The first-order chi connectivity index (χ1) is 9.31. The number of aromatic nitrogens is 2. The van der Waals surface area contributed by atoms with E-state index < -0.39 is 0 Å². The molecule has 0 aliphatic carbocycles. The molecule has 1 aliphatic heterocycles. The van der Waals surface area contributed by atoms with Gasteiger partial charge in [0.05, 0.1) is 6.54 Å². The lowest BCUT2D eigenvalue weighted by Gasteiger charge is -2.32. The van der Waals surface area contributed by atoms with Crippen molar-refractivity contribution in [3.8, 4) is 0 Å². The van der Waals surface area contributed by atoms with Crippen LogP contribution in [0.2, 0.25) is 0 Å². The summed E-state index contributed by atoms with van der Waals surface area (Å²) in [6, 6.07) is 0. The molecule has 0 aromatic carbocycles.